The Hall–Kier alpha value is -0.980. The molecule has 4 rings (SSSR count). The molecule has 0 bridgehead atoms. The highest BCUT2D eigenvalue weighted by atomic mass is 127. The van der Waals surface area contributed by atoms with Crippen molar-refractivity contribution < 1.29 is 0 Å². The number of imidazole rings is 1. The van der Waals surface area contributed by atoms with E-state index in [1.54, 1.807) is 27.4 Å². The van der Waals surface area contributed by atoms with E-state index in [4.69, 9.17) is 4.98 Å². The van der Waals surface area contributed by atoms with Gasteiger partial charge in [-0.25, -0.2) is 15.0 Å². The minimum atomic E-state index is 0.389. The van der Waals surface area contributed by atoms with E-state index in [2.05, 4.69) is 68.6 Å². The molecule has 1 N–H and O–H groups in total. The monoisotopic (exact) mass is 501 g/mol. The molecular weight excluding hydrogens is 481 g/mol. The van der Waals surface area contributed by atoms with Crippen LogP contribution in [0.4, 0.5) is 5.82 Å². The summed E-state index contributed by atoms with van der Waals surface area (Å²) in [4.78, 5) is 16.1. The standard InChI is InChI=1S/C16H20IN7S2/c1-22(15-13-4-6-24(26-17)16(13)19-10-18-15)12-3-5-23-9-11(8-20-25-2)21-14(23)7-12/h4,6,9-10,12,20H,3,5,7-8H2,1-2H3. The average Bonchev–Trinajstić information content (AvgIpc) is 3.28. The largest absolute Gasteiger partial charge is 0.356 e. The van der Waals surface area contributed by atoms with Crippen molar-refractivity contribution in [3.63, 3.8) is 0 Å². The van der Waals surface area contributed by atoms with E-state index in [0.29, 0.717) is 6.04 Å². The highest BCUT2D eigenvalue weighted by Gasteiger charge is 2.26. The number of anilines is 1. The molecule has 0 aromatic carbocycles. The lowest BCUT2D eigenvalue weighted by Crippen LogP contribution is -2.38. The number of rotatable bonds is 6. The molecule has 0 saturated heterocycles. The first-order valence-electron chi connectivity index (χ1n) is 8.36. The van der Waals surface area contributed by atoms with Gasteiger partial charge in [-0.3, -0.25) is 8.69 Å². The van der Waals surface area contributed by atoms with E-state index in [0.717, 1.165) is 54.3 Å². The number of aryl methyl sites for hydroxylation is 1. The van der Waals surface area contributed by atoms with E-state index in [1.807, 2.05) is 12.5 Å². The van der Waals surface area contributed by atoms with Gasteiger partial charge in [-0.05, 0) is 18.7 Å². The molecule has 1 unspecified atom stereocenters. The van der Waals surface area contributed by atoms with E-state index >= 15 is 0 Å². The summed E-state index contributed by atoms with van der Waals surface area (Å²) in [6, 6.07) is 2.49. The summed E-state index contributed by atoms with van der Waals surface area (Å²) in [5.41, 5.74) is 2.07. The van der Waals surface area contributed by atoms with Crippen LogP contribution in [0.15, 0.2) is 24.8 Å². The summed E-state index contributed by atoms with van der Waals surface area (Å²) in [5.74, 6) is 2.16. The third kappa shape index (κ3) is 3.43. The Labute approximate surface area is 173 Å². The average molecular weight is 501 g/mol. The Morgan fingerprint density at radius 1 is 1.42 bits per heavy atom. The highest BCUT2D eigenvalue weighted by Crippen LogP contribution is 2.30. The van der Waals surface area contributed by atoms with Crippen LogP contribution in [-0.4, -0.2) is 42.8 Å². The number of nitrogens with zero attached hydrogens (tertiary/aromatic N) is 6. The summed E-state index contributed by atoms with van der Waals surface area (Å²) in [7, 11) is 3.75. The van der Waals surface area contributed by atoms with Gasteiger partial charge in [0, 0.05) is 75.3 Å². The number of halogens is 1. The molecule has 1 aliphatic heterocycles. The van der Waals surface area contributed by atoms with Gasteiger partial charge in [-0.2, -0.15) is 0 Å². The van der Waals surface area contributed by atoms with E-state index in [-0.39, 0.29) is 0 Å². The first kappa shape index (κ1) is 18.4. The molecule has 1 aliphatic rings. The van der Waals surface area contributed by atoms with E-state index < -0.39 is 0 Å². The summed E-state index contributed by atoms with van der Waals surface area (Å²) in [6.07, 6.45) is 9.94. The molecule has 0 saturated carbocycles. The second-order valence-electron chi connectivity index (χ2n) is 6.27. The number of nitrogens with one attached hydrogen (secondary N) is 1. The Morgan fingerprint density at radius 2 is 2.31 bits per heavy atom. The van der Waals surface area contributed by atoms with Gasteiger partial charge < -0.3 is 9.47 Å². The van der Waals surface area contributed by atoms with Gasteiger partial charge in [-0.1, -0.05) is 11.9 Å². The molecule has 10 heteroatoms. The molecule has 7 nitrogen and oxygen atoms in total. The molecular formula is C16H20IN7S2. The zero-order valence-electron chi connectivity index (χ0n) is 14.6. The second-order valence-corrected chi connectivity index (χ2v) is 8.68. The van der Waals surface area contributed by atoms with E-state index in [9.17, 15) is 0 Å². The van der Waals surface area contributed by atoms with Crippen LogP contribution in [0.5, 0.6) is 0 Å². The van der Waals surface area contributed by atoms with Crippen LogP contribution in [0.3, 0.4) is 0 Å². The van der Waals surface area contributed by atoms with E-state index in [1.165, 1.54) is 0 Å². The molecule has 0 amide bonds. The number of fused-ring (bicyclic) bond motifs is 2. The SMILES string of the molecule is CSNCc1cn2c(n1)CC(N(C)c1ncnc3c1ccn3SI)CC2. The Kier molecular flexibility index (Phi) is 5.62. The van der Waals surface area contributed by atoms with Crippen LogP contribution in [0.2, 0.25) is 0 Å². The van der Waals surface area contributed by atoms with Gasteiger partial charge in [0.05, 0.1) is 11.1 Å². The zero-order chi connectivity index (χ0) is 18.1. The van der Waals surface area contributed by atoms with Crippen LogP contribution >= 0.6 is 42.3 Å². The maximum absolute atomic E-state index is 4.81. The van der Waals surface area contributed by atoms with Crippen molar-refractivity contribution in [1.29, 1.82) is 0 Å². The van der Waals surface area contributed by atoms with Crippen LogP contribution in [0.25, 0.3) is 11.0 Å². The van der Waals surface area contributed by atoms with Crippen molar-refractivity contribution >= 4 is 59.1 Å². The summed E-state index contributed by atoms with van der Waals surface area (Å²) in [6.45, 7) is 1.80. The highest BCUT2D eigenvalue weighted by molar-refractivity contribution is 14.2. The van der Waals surface area contributed by atoms with Crippen molar-refractivity contribution in [1.82, 2.24) is 28.2 Å². The predicted molar refractivity (Wildman–Crippen MR) is 118 cm³/mol. The molecule has 3 aromatic heterocycles. The zero-order valence-corrected chi connectivity index (χ0v) is 18.4. The molecule has 0 spiro atoms. The molecule has 1 atom stereocenters. The van der Waals surface area contributed by atoms with Crippen LogP contribution in [-0.2, 0) is 19.5 Å². The van der Waals surface area contributed by atoms with Crippen LogP contribution in [0, 0.1) is 0 Å². The minimum absolute atomic E-state index is 0.389. The first-order valence-corrected chi connectivity index (χ1v) is 12.9. The molecule has 26 heavy (non-hydrogen) atoms. The number of hydrogen-bond acceptors (Lipinski definition) is 7. The fourth-order valence-corrected chi connectivity index (χ4v) is 5.02. The van der Waals surface area contributed by atoms with Gasteiger partial charge in [0.2, 0.25) is 0 Å². The van der Waals surface area contributed by atoms with Gasteiger partial charge in [-0.15, -0.1) is 0 Å². The third-order valence-corrected chi connectivity index (χ3v) is 6.96. The maximum atomic E-state index is 4.81. The predicted octanol–water partition coefficient (Wildman–Crippen LogP) is 3.29. The normalized spacial score (nSPS) is 16.8. The van der Waals surface area contributed by atoms with Crippen molar-refractivity contribution in [3.8, 4) is 0 Å². The molecule has 138 valence electrons. The quantitative estimate of drug-likeness (QED) is 0.411. The second kappa shape index (κ2) is 7.95. The third-order valence-electron chi connectivity index (χ3n) is 4.81. The molecule has 0 radical (unpaired) electrons. The van der Waals surface area contributed by atoms with Crippen LogP contribution in [0.1, 0.15) is 17.9 Å². The van der Waals surface area contributed by atoms with Gasteiger partial charge in [0.15, 0.2) is 5.65 Å². The van der Waals surface area contributed by atoms with Crippen molar-refractivity contribution in [2.75, 3.05) is 18.2 Å². The van der Waals surface area contributed by atoms with Crippen molar-refractivity contribution in [3.05, 3.63) is 36.3 Å². The van der Waals surface area contributed by atoms with Crippen molar-refractivity contribution in [2.24, 2.45) is 0 Å². The summed E-state index contributed by atoms with van der Waals surface area (Å²) in [5, 5.41) is 1.10. The lowest BCUT2D eigenvalue weighted by Gasteiger charge is -2.32. The molecule has 0 aliphatic carbocycles. The van der Waals surface area contributed by atoms with Gasteiger partial charge in [0.25, 0.3) is 0 Å². The number of hydrogen-bond donors (Lipinski definition) is 1. The lowest BCUT2D eigenvalue weighted by atomic mass is 10.0. The first-order chi connectivity index (χ1) is 12.7. The summed E-state index contributed by atoms with van der Waals surface area (Å²) < 4.78 is 7.63. The minimum Gasteiger partial charge on any atom is -0.356 e. The molecule has 0 fully saturated rings. The smallest absolute Gasteiger partial charge is 0.156 e. The molecule has 3 aromatic rings. The maximum Gasteiger partial charge on any atom is 0.156 e. The number of aromatic nitrogens is 5. The topological polar surface area (TPSA) is 63.8 Å². The Bertz CT molecular complexity index is 909. The lowest BCUT2D eigenvalue weighted by molar-refractivity contribution is 0.448. The Balaban J connectivity index is 1.57. The summed E-state index contributed by atoms with van der Waals surface area (Å²) >= 11 is 3.89. The molecule has 4 heterocycles. The van der Waals surface area contributed by atoms with Gasteiger partial charge >= 0.3 is 0 Å². The van der Waals surface area contributed by atoms with Gasteiger partial charge in [0.1, 0.15) is 18.0 Å². The fraction of sp³-hybridized carbons (Fsp3) is 0.438. The fourth-order valence-electron chi connectivity index (χ4n) is 3.46. The van der Waals surface area contributed by atoms with Crippen molar-refractivity contribution in [2.45, 2.75) is 32.0 Å². The van der Waals surface area contributed by atoms with Crippen LogP contribution < -0.4 is 9.62 Å². The Morgan fingerprint density at radius 3 is 3.12 bits per heavy atom. The number of likely N-dealkylation sites (N-methyl/N-ethyl adjacent to an activating group) is 1.